The van der Waals surface area contributed by atoms with E-state index in [1.807, 2.05) is 6.07 Å². The van der Waals surface area contributed by atoms with Gasteiger partial charge in [-0.25, -0.2) is 4.39 Å². The highest BCUT2D eigenvalue weighted by Gasteiger charge is 2.27. The molecular weight excluding hydrogens is 295 g/mol. The van der Waals surface area contributed by atoms with E-state index in [0.29, 0.717) is 17.3 Å². The van der Waals surface area contributed by atoms with Gasteiger partial charge in [-0.15, -0.1) is 0 Å². The standard InChI is InChI=1S/C23H27F/c1-23(2)13-11-18(12-14-23)16-5-7-19(8-6-16)21-10-9-20(15-22(21)24)17-3-4-17/h5-10,15,17-18H,3-4,11-14H2,1-2H3. The Morgan fingerprint density at radius 2 is 1.38 bits per heavy atom. The molecule has 0 bridgehead atoms. The van der Waals surface area contributed by atoms with Gasteiger partial charge in [0.15, 0.2) is 0 Å². The van der Waals surface area contributed by atoms with Gasteiger partial charge in [0.1, 0.15) is 5.82 Å². The zero-order valence-corrected chi connectivity index (χ0v) is 14.8. The number of hydrogen-bond donors (Lipinski definition) is 0. The monoisotopic (exact) mass is 322 g/mol. The Kier molecular flexibility index (Phi) is 3.98. The molecule has 0 amide bonds. The van der Waals surface area contributed by atoms with E-state index in [4.69, 9.17) is 0 Å². The van der Waals surface area contributed by atoms with Gasteiger partial charge in [-0.1, -0.05) is 50.2 Å². The van der Waals surface area contributed by atoms with Crippen molar-refractivity contribution in [2.75, 3.05) is 0 Å². The molecule has 24 heavy (non-hydrogen) atoms. The molecule has 0 radical (unpaired) electrons. The molecule has 2 saturated carbocycles. The van der Waals surface area contributed by atoms with E-state index in [-0.39, 0.29) is 5.82 Å². The molecule has 0 heterocycles. The molecule has 0 N–H and O–H groups in total. The van der Waals surface area contributed by atoms with E-state index < -0.39 is 0 Å². The average Bonchev–Trinajstić information content (AvgIpc) is 3.40. The summed E-state index contributed by atoms with van der Waals surface area (Å²) in [6.07, 6.45) is 7.58. The van der Waals surface area contributed by atoms with Gasteiger partial charge in [-0.05, 0) is 78.5 Å². The van der Waals surface area contributed by atoms with Gasteiger partial charge in [-0.3, -0.25) is 0 Å². The predicted octanol–water partition coefficient (Wildman–Crippen LogP) is 7.05. The summed E-state index contributed by atoms with van der Waals surface area (Å²) in [5, 5.41) is 0. The molecular formula is C23H27F. The minimum absolute atomic E-state index is 0.0773. The third-order valence-corrected chi connectivity index (χ3v) is 6.07. The summed E-state index contributed by atoms with van der Waals surface area (Å²) in [6, 6.07) is 14.4. The second-order valence-electron chi connectivity index (χ2n) is 8.57. The fourth-order valence-electron chi connectivity index (χ4n) is 4.10. The maximum atomic E-state index is 14.5. The minimum Gasteiger partial charge on any atom is -0.206 e. The van der Waals surface area contributed by atoms with Crippen LogP contribution in [-0.2, 0) is 0 Å². The molecule has 0 spiro atoms. The Labute approximate surface area is 145 Å². The number of rotatable bonds is 3. The molecule has 2 aromatic rings. The van der Waals surface area contributed by atoms with Gasteiger partial charge in [0.2, 0.25) is 0 Å². The van der Waals surface area contributed by atoms with Crippen LogP contribution in [0.2, 0.25) is 0 Å². The average molecular weight is 322 g/mol. The normalized spacial score (nSPS) is 21.0. The summed E-state index contributed by atoms with van der Waals surface area (Å²) in [5.41, 5.74) is 4.82. The molecule has 0 unspecified atom stereocenters. The SMILES string of the molecule is CC1(C)CCC(c2ccc(-c3ccc(C4CC4)cc3F)cc2)CC1. The van der Waals surface area contributed by atoms with Crippen molar-refractivity contribution in [3.05, 3.63) is 59.4 Å². The third-order valence-electron chi connectivity index (χ3n) is 6.07. The number of hydrogen-bond acceptors (Lipinski definition) is 0. The van der Waals surface area contributed by atoms with Crippen molar-refractivity contribution >= 4 is 0 Å². The topological polar surface area (TPSA) is 0 Å². The fraction of sp³-hybridized carbons (Fsp3) is 0.478. The first kappa shape index (κ1) is 15.9. The molecule has 0 aliphatic heterocycles. The summed E-state index contributed by atoms with van der Waals surface area (Å²) < 4.78 is 14.5. The molecule has 0 aromatic heterocycles. The van der Waals surface area contributed by atoms with Crippen molar-refractivity contribution in [1.29, 1.82) is 0 Å². The quantitative estimate of drug-likeness (QED) is 0.567. The van der Waals surface area contributed by atoms with Gasteiger partial charge in [0.05, 0.1) is 0 Å². The van der Waals surface area contributed by atoms with Gasteiger partial charge >= 0.3 is 0 Å². The molecule has 4 rings (SSSR count). The second-order valence-corrected chi connectivity index (χ2v) is 8.57. The van der Waals surface area contributed by atoms with Gasteiger partial charge in [0.25, 0.3) is 0 Å². The lowest BCUT2D eigenvalue weighted by molar-refractivity contribution is 0.224. The van der Waals surface area contributed by atoms with Crippen molar-refractivity contribution in [1.82, 2.24) is 0 Å². The first-order chi connectivity index (χ1) is 11.5. The van der Waals surface area contributed by atoms with Crippen LogP contribution in [0.5, 0.6) is 0 Å². The molecule has 2 aliphatic rings. The van der Waals surface area contributed by atoms with E-state index in [1.54, 1.807) is 6.07 Å². The van der Waals surface area contributed by atoms with Crippen LogP contribution in [0.25, 0.3) is 11.1 Å². The van der Waals surface area contributed by atoms with Crippen LogP contribution in [0.3, 0.4) is 0 Å². The highest BCUT2D eigenvalue weighted by atomic mass is 19.1. The van der Waals surface area contributed by atoms with Gasteiger partial charge in [0, 0.05) is 5.56 Å². The zero-order chi connectivity index (χ0) is 16.7. The van der Waals surface area contributed by atoms with E-state index in [1.165, 1.54) is 44.1 Å². The van der Waals surface area contributed by atoms with E-state index in [9.17, 15) is 4.39 Å². The fourth-order valence-corrected chi connectivity index (χ4v) is 4.10. The highest BCUT2D eigenvalue weighted by Crippen LogP contribution is 2.43. The lowest BCUT2D eigenvalue weighted by atomic mass is 9.71. The van der Waals surface area contributed by atoms with Crippen LogP contribution < -0.4 is 0 Å². The zero-order valence-electron chi connectivity index (χ0n) is 14.8. The predicted molar refractivity (Wildman–Crippen MR) is 98.8 cm³/mol. The van der Waals surface area contributed by atoms with Gasteiger partial charge in [-0.2, -0.15) is 0 Å². The first-order valence-electron chi connectivity index (χ1n) is 9.42. The molecule has 2 aromatic carbocycles. The van der Waals surface area contributed by atoms with Crippen molar-refractivity contribution in [2.24, 2.45) is 5.41 Å². The van der Waals surface area contributed by atoms with Crippen LogP contribution in [0.1, 0.15) is 75.3 Å². The Balaban J connectivity index is 1.51. The Morgan fingerprint density at radius 1 is 0.792 bits per heavy atom. The van der Waals surface area contributed by atoms with Crippen LogP contribution >= 0.6 is 0 Å². The Bertz CT molecular complexity index is 712. The lowest BCUT2D eigenvalue weighted by Gasteiger charge is -2.34. The van der Waals surface area contributed by atoms with Crippen molar-refractivity contribution in [3.8, 4) is 11.1 Å². The summed E-state index contributed by atoms with van der Waals surface area (Å²) >= 11 is 0. The number of halogens is 1. The van der Waals surface area contributed by atoms with E-state index in [0.717, 1.165) is 16.7 Å². The van der Waals surface area contributed by atoms with Crippen molar-refractivity contribution < 1.29 is 4.39 Å². The van der Waals surface area contributed by atoms with Crippen LogP contribution in [0.4, 0.5) is 4.39 Å². The Hall–Kier alpha value is -1.63. The summed E-state index contributed by atoms with van der Waals surface area (Å²) in [5.74, 6) is 1.20. The summed E-state index contributed by atoms with van der Waals surface area (Å²) in [6.45, 7) is 4.75. The largest absolute Gasteiger partial charge is 0.206 e. The molecule has 2 aliphatic carbocycles. The summed E-state index contributed by atoms with van der Waals surface area (Å²) in [4.78, 5) is 0. The van der Waals surface area contributed by atoms with Crippen LogP contribution in [0.15, 0.2) is 42.5 Å². The third kappa shape index (κ3) is 3.27. The summed E-state index contributed by atoms with van der Waals surface area (Å²) in [7, 11) is 0. The smallest absolute Gasteiger partial charge is 0.131 e. The Morgan fingerprint density at radius 3 is 1.96 bits per heavy atom. The molecule has 2 fully saturated rings. The van der Waals surface area contributed by atoms with Gasteiger partial charge < -0.3 is 0 Å². The maximum Gasteiger partial charge on any atom is 0.131 e. The van der Waals surface area contributed by atoms with E-state index in [2.05, 4.69) is 44.2 Å². The molecule has 1 heteroatoms. The maximum absolute atomic E-state index is 14.5. The van der Waals surface area contributed by atoms with Crippen LogP contribution in [0, 0.1) is 11.2 Å². The second kappa shape index (κ2) is 6.02. The molecule has 0 nitrogen and oxygen atoms in total. The highest BCUT2D eigenvalue weighted by molar-refractivity contribution is 5.65. The minimum atomic E-state index is -0.0773. The molecule has 0 atom stereocenters. The molecule has 126 valence electrons. The molecule has 0 saturated heterocycles. The van der Waals surface area contributed by atoms with Crippen LogP contribution in [-0.4, -0.2) is 0 Å². The van der Waals surface area contributed by atoms with Crippen molar-refractivity contribution in [3.63, 3.8) is 0 Å². The lowest BCUT2D eigenvalue weighted by Crippen LogP contribution is -2.20. The van der Waals surface area contributed by atoms with E-state index >= 15 is 0 Å². The number of benzene rings is 2. The van der Waals surface area contributed by atoms with Crippen molar-refractivity contribution in [2.45, 2.75) is 64.2 Å². The first-order valence-corrected chi connectivity index (χ1v) is 9.42.